The second-order valence-electron chi connectivity index (χ2n) is 8.32. The summed E-state index contributed by atoms with van der Waals surface area (Å²) >= 11 is 8.88. The van der Waals surface area contributed by atoms with Crippen molar-refractivity contribution in [2.45, 2.75) is 20.0 Å². The first-order valence-corrected chi connectivity index (χ1v) is 13.9. The third kappa shape index (κ3) is 6.89. The fourth-order valence-corrected chi connectivity index (χ4v) is 5.40. The third-order valence-electron chi connectivity index (χ3n) is 5.67. The zero-order valence-corrected chi connectivity index (χ0v) is 24.4. The molecule has 196 valence electrons. The van der Waals surface area contributed by atoms with E-state index in [2.05, 4.69) is 27.9 Å². The Bertz CT molecular complexity index is 1390. The molecule has 1 aliphatic rings. The molecule has 0 saturated carbocycles. The summed E-state index contributed by atoms with van der Waals surface area (Å²) in [6.07, 6.45) is 2.50. The molecular formula is C28H24ClIN2O5S. The molecule has 7 nitrogen and oxygen atoms in total. The van der Waals surface area contributed by atoms with Gasteiger partial charge in [0.05, 0.1) is 15.6 Å². The molecule has 0 aliphatic carbocycles. The van der Waals surface area contributed by atoms with Crippen LogP contribution in [0.3, 0.4) is 0 Å². The standard InChI is InChI=1S/C28H24ClIN2O5S/c1-3-17-6-10-21(11-7-17)31-25(33)15-32-27(34)24(38-28(32)35)14-19-12-22(30)26(23(13-19)36-2)37-16-18-4-8-20(29)9-5-18/h4-14H,3,15-16H2,1-2H3,(H,31,33)/b24-14+. The Morgan fingerprint density at radius 3 is 2.42 bits per heavy atom. The second kappa shape index (κ2) is 12.7. The number of nitrogens with zero attached hydrogens (tertiary/aromatic N) is 1. The molecule has 10 heteroatoms. The predicted octanol–water partition coefficient (Wildman–Crippen LogP) is 6.77. The fourth-order valence-electron chi connectivity index (χ4n) is 3.65. The van der Waals surface area contributed by atoms with Crippen LogP contribution in [0.15, 0.2) is 65.6 Å². The summed E-state index contributed by atoms with van der Waals surface area (Å²) in [6.45, 7) is 2.01. The van der Waals surface area contributed by atoms with Gasteiger partial charge in [0, 0.05) is 10.7 Å². The van der Waals surface area contributed by atoms with Crippen LogP contribution in [0.2, 0.25) is 5.02 Å². The Hall–Kier alpha value is -3.02. The Morgan fingerprint density at radius 2 is 1.76 bits per heavy atom. The van der Waals surface area contributed by atoms with Gasteiger partial charge in [-0.25, -0.2) is 0 Å². The van der Waals surface area contributed by atoms with E-state index >= 15 is 0 Å². The van der Waals surface area contributed by atoms with Crippen LogP contribution >= 0.6 is 46.0 Å². The van der Waals surface area contributed by atoms with Crippen LogP contribution < -0.4 is 14.8 Å². The van der Waals surface area contributed by atoms with Crippen molar-refractivity contribution in [3.63, 3.8) is 0 Å². The zero-order chi connectivity index (χ0) is 27.2. The molecule has 3 amide bonds. The third-order valence-corrected chi connectivity index (χ3v) is 7.63. The predicted molar refractivity (Wildman–Crippen MR) is 159 cm³/mol. The molecule has 0 aromatic heterocycles. The number of benzene rings is 3. The van der Waals surface area contributed by atoms with E-state index in [1.54, 1.807) is 36.4 Å². The van der Waals surface area contributed by atoms with Crippen molar-refractivity contribution in [1.82, 2.24) is 4.90 Å². The molecule has 1 aliphatic heterocycles. The van der Waals surface area contributed by atoms with Crippen molar-refractivity contribution < 1.29 is 23.9 Å². The summed E-state index contributed by atoms with van der Waals surface area (Å²) in [6, 6.07) is 18.4. The quantitative estimate of drug-likeness (QED) is 0.201. The number of hydrogen-bond acceptors (Lipinski definition) is 6. The van der Waals surface area contributed by atoms with E-state index < -0.39 is 17.1 Å². The van der Waals surface area contributed by atoms with Gasteiger partial charge in [-0.3, -0.25) is 19.3 Å². The average Bonchev–Trinajstić information content (AvgIpc) is 3.16. The van der Waals surface area contributed by atoms with Crippen LogP contribution in [0.25, 0.3) is 6.08 Å². The molecule has 0 spiro atoms. The highest BCUT2D eigenvalue weighted by Crippen LogP contribution is 2.37. The minimum Gasteiger partial charge on any atom is -0.493 e. The first-order chi connectivity index (χ1) is 18.3. The van der Waals surface area contributed by atoms with Crippen molar-refractivity contribution in [2.75, 3.05) is 19.0 Å². The van der Waals surface area contributed by atoms with Crippen LogP contribution in [0.4, 0.5) is 10.5 Å². The molecule has 1 N–H and O–H groups in total. The molecule has 4 rings (SSSR count). The number of hydrogen-bond donors (Lipinski definition) is 1. The minimum atomic E-state index is -0.520. The van der Waals surface area contributed by atoms with Gasteiger partial charge in [-0.15, -0.1) is 0 Å². The summed E-state index contributed by atoms with van der Waals surface area (Å²) in [5.41, 5.74) is 3.37. The lowest BCUT2D eigenvalue weighted by Gasteiger charge is -2.14. The van der Waals surface area contributed by atoms with Gasteiger partial charge in [-0.1, -0.05) is 42.8 Å². The number of anilines is 1. The van der Waals surface area contributed by atoms with E-state index in [-0.39, 0.29) is 11.4 Å². The van der Waals surface area contributed by atoms with Crippen LogP contribution in [-0.2, 0) is 22.6 Å². The summed E-state index contributed by atoms with van der Waals surface area (Å²) in [5, 5.41) is 2.88. The number of methoxy groups -OCH3 is 1. The highest BCUT2D eigenvalue weighted by Gasteiger charge is 2.36. The van der Waals surface area contributed by atoms with Gasteiger partial charge in [0.1, 0.15) is 13.2 Å². The normalized spacial score (nSPS) is 14.2. The number of rotatable bonds is 9. The number of carbonyl (C=O) groups is 3. The van der Waals surface area contributed by atoms with Crippen molar-refractivity contribution in [3.8, 4) is 11.5 Å². The monoisotopic (exact) mass is 662 g/mol. The smallest absolute Gasteiger partial charge is 0.294 e. The van der Waals surface area contributed by atoms with Crippen LogP contribution in [0, 0.1) is 3.57 Å². The first-order valence-electron chi connectivity index (χ1n) is 11.7. The molecule has 38 heavy (non-hydrogen) atoms. The van der Waals surface area contributed by atoms with Gasteiger partial charge >= 0.3 is 0 Å². The lowest BCUT2D eigenvalue weighted by Crippen LogP contribution is -2.36. The highest BCUT2D eigenvalue weighted by atomic mass is 127. The number of halogens is 2. The Kier molecular flexibility index (Phi) is 9.35. The Balaban J connectivity index is 1.44. The first kappa shape index (κ1) is 28.0. The van der Waals surface area contributed by atoms with E-state index in [1.807, 2.05) is 37.3 Å². The van der Waals surface area contributed by atoms with Gasteiger partial charge in [0.2, 0.25) is 5.91 Å². The lowest BCUT2D eigenvalue weighted by molar-refractivity contribution is -0.127. The molecule has 1 heterocycles. The molecule has 1 fully saturated rings. The van der Waals surface area contributed by atoms with Gasteiger partial charge in [0.15, 0.2) is 11.5 Å². The van der Waals surface area contributed by atoms with E-state index in [0.717, 1.165) is 37.8 Å². The molecule has 3 aromatic rings. The number of nitrogens with one attached hydrogen (secondary N) is 1. The molecule has 0 unspecified atom stereocenters. The maximum atomic E-state index is 13.0. The number of amides is 3. The number of aryl methyl sites for hydroxylation is 1. The van der Waals surface area contributed by atoms with Crippen molar-refractivity contribution in [2.24, 2.45) is 0 Å². The van der Waals surface area contributed by atoms with Crippen molar-refractivity contribution in [3.05, 3.63) is 90.9 Å². The molecular weight excluding hydrogens is 639 g/mol. The maximum Gasteiger partial charge on any atom is 0.294 e. The van der Waals surface area contributed by atoms with Crippen LogP contribution in [-0.4, -0.2) is 35.6 Å². The van der Waals surface area contributed by atoms with Gasteiger partial charge in [-0.05, 0) is 99.9 Å². The van der Waals surface area contributed by atoms with Crippen LogP contribution in [0.5, 0.6) is 11.5 Å². The van der Waals surface area contributed by atoms with Crippen molar-refractivity contribution in [1.29, 1.82) is 0 Å². The Morgan fingerprint density at radius 1 is 1.08 bits per heavy atom. The van der Waals surface area contributed by atoms with Gasteiger partial charge in [0.25, 0.3) is 11.1 Å². The van der Waals surface area contributed by atoms with E-state index in [4.69, 9.17) is 21.1 Å². The number of imide groups is 1. The van der Waals surface area contributed by atoms with E-state index in [0.29, 0.717) is 34.4 Å². The average molecular weight is 663 g/mol. The summed E-state index contributed by atoms with van der Waals surface area (Å²) in [4.78, 5) is 39.2. The fraction of sp³-hybridized carbons (Fsp3) is 0.179. The summed E-state index contributed by atoms with van der Waals surface area (Å²) in [7, 11) is 1.53. The number of thioether (sulfide) groups is 1. The maximum absolute atomic E-state index is 13.0. The second-order valence-corrected chi connectivity index (χ2v) is 10.9. The van der Waals surface area contributed by atoms with Gasteiger partial charge < -0.3 is 14.8 Å². The van der Waals surface area contributed by atoms with E-state index in [9.17, 15) is 14.4 Å². The summed E-state index contributed by atoms with van der Waals surface area (Å²) in [5.74, 6) is 0.0893. The van der Waals surface area contributed by atoms with Crippen LogP contribution in [0.1, 0.15) is 23.6 Å². The largest absolute Gasteiger partial charge is 0.493 e. The zero-order valence-electron chi connectivity index (χ0n) is 20.6. The number of carbonyl (C=O) groups excluding carboxylic acids is 3. The number of ether oxygens (including phenoxy) is 2. The van der Waals surface area contributed by atoms with E-state index in [1.165, 1.54) is 7.11 Å². The highest BCUT2D eigenvalue weighted by molar-refractivity contribution is 14.1. The molecule has 1 saturated heterocycles. The SMILES string of the molecule is CCc1ccc(NC(=O)CN2C(=O)S/C(=C/c3cc(I)c(OCc4ccc(Cl)cc4)c(OC)c3)C2=O)cc1. The lowest BCUT2D eigenvalue weighted by atomic mass is 10.1. The van der Waals surface area contributed by atoms with Gasteiger partial charge in [-0.2, -0.15) is 0 Å². The minimum absolute atomic E-state index is 0.225. The Labute approximate surface area is 243 Å². The summed E-state index contributed by atoms with van der Waals surface area (Å²) < 4.78 is 12.3. The van der Waals surface area contributed by atoms with Crippen molar-refractivity contribution >= 4 is 74.8 Å². The topological polar surface area (TPSA) is 84.9 Å². The molecule has 3 aromatic carbocycles. The molecule has 0 atom stereocenters. The molecule has 0 bridgehead atoms. The molecule has 0 radical (unpaired) electrons.